The van der Waals surface area contributed by atoms with E-state index in [-0.39, 0.29) is 17.0 Å². The van der Waals surface area contributed by atoms with Gasteiger partial charge in [0.25, 0.3) is 0 Å². The van der Waals surface area contributed by atoms with Gasteiger partial charge in [0.1, 0.15) is 17.2 Å². The molecule has 0 spiro atoms. The summed E-state index contributed by atoms with van der Waals surface area (Å²) < 4.78 is 26.1. The Morgan fingerprint density at radius 1 is 1.20 bits per heavy atom. The summed E-state index contributed by atoms with van der Waals surface area (Å²) in [6.07, 6.45) is -1.10. The van der Waals surface area contributed by atoms with Crippen molar-refractivity contribution >= 4 is 6.16 Å². The standard InChI is InChI=1S/C21H17FN4O4/c1-3-17-19(29-21(27)28)18(15-6-4-5-7-16(15)22)26(24-17)14-10-8-13(9-11-14)20-23-12(2)30-25-20/h4-11H,3H2,1-2H3,(H,27,28). The first kappa shape index (κ1) is 19.3. The van der Waals surface area contributed by atoms with E-state index in [1.807, 2.05) is 6.92 Å². The summed E-state index contributed by atoms with van der Waals surface area (Å²) in [7, 11) is 0. The number of benzene rings is 2. The lowest BCUT2D eigenvalue weighted by Crippen LogP contribution is -2.06. The zero-order chi connectivity index (χ0) is 21.3. The number of aromatic nitrogens is 4. The molecule has 2 aromatic heterocycles. The highest BCUT2D eigenvalue weighted by Crippen LogP contribution is 2.37. The average molecular weight is 408 g/mol. The van der Waals surface area contributed by atoms with E-state index < -0.39 is 12.0 Å². The summed E-state index contributed by atoms with van der Waals surface area (Å²) in [6, 6.07) is 13.1. The molecule has 0 atom stereocenters. The van der Waals surface area contributed by atoms with Crippen molar-refractivity contribution in [2.45, 2.75) is 20.3 Å². The zero-order valence-corrected chi connectivity index (χ0v) is 16.2. The first-order valence-electron chi connectivity index (χ1n) is 9.16. The Bertz CT molecular complexity index is 1210. The molecule has 1 N–H and O–H groups in total. The van der Waals surface area contributed by atoms with E-state index in [1.165, 1.54) is 10.7 Å². The number of hydrogen-bond donors (Lipinski definition) is 1. The largest absolute Gasteiger partial charge is 0.511 e. The van der Waals surface area contributed by atoms with Crippen LogP contribution in [-0.4, -0.2) is 31.2 Å². The number of rotatable bonds is 5. The van der Waals surface area contributed by atoms with Crippen molar-refractivity contribution in [2.24, 2.45) is 0 Å². The van der Waals surface area contributed by atoms with Crippen molar-refractivity contribution < 1.29 is 23.6 Å². The number of aryl methyl sites for hydroxylation is 2. The molecule has 0 bridgehead atoms. The Kier molecular flexibility index (Phi) is 5.01. The van der Waals surface area contributed by atoms with Gasteiger partial charge in [-0.3, -0.25) is 0 Å². The maximum atomic E-state index is 14.6. The van der Waals surface area contributed by atoms with Gasteiger partial charge in [-0.25, -0.2) is 13.9 Å². The van der Waals surface area contributed by atoms with Crippen molar-refractivity contribution in [1.29, 1.82) is 0 Å². The van der Waals surface area contributed by atoms with Crippen LogP contribution in [0.25, 0.3) is 28.3 Å². The quantitative estimate of drug-likeness (QED) is 0.479. The SMILES string of the molecule is CCc1nn(-c2ccc(-c3noc(C)n3)cc2)c(-c2ccccc2F)c1OC(=O)O. The lowest BCUT2D eigenvalue weighted by Gasteiger charge is -2.10. The molecule has 0 aliphatic rings. The fourth-order valence-electron chi connectivity index (χ4n) is 3.12. The molecule has 0 amide bonds. The highest BCUT2D eigenvalue weighted by atomic mass is 19.1. The Morgan fingerprint density at radius 2 is 1.93 bits per heavy atom. The van der Waals surface area contributed by atoms with Crippen molar-refractivity contribution in [1.82, 2.24) is 19.9 Å². The molecule has 0 aliphatic heterocycles. The molecule has 0 saturated heterocycles. The minimum atomic E-state index is -1.50. The van der Waals surface area contributed by atoms with Crippen LogP contribution in [0.2, 0.25) is 0 Å². The molecule has 4 rings (SSSR count). The topological polar surface area (TPSA) is 103 Å². The molecule has 4 aromatic rings. The second-order valence-corrected chi connectivity index (χ2v) is 6.42. The van der Waals surface area contributed by atoms with E-state index in [2.05, 4.69) is 15.2 Å². The molecule has 0 radical (unpaired) electrons. The number of ether oxygens (including phenoxy) is 1. The highest BCUT2D eigenvalue weighted by molar-refractivity contribution is 5.75. The second-order valence-electron chi connectivity index (χ2n) is 6.42. The zero-order valence-electron chi connectivity index (χ0n) is 16.2. The van der Waals surface area contributed by atoms with Crippen LogP contribution in [0.3, 0.4) is 0 Å². The minimum Gasteiger partial charge on any atom is -0.449 e. The van der Waals surface area contributed by atoms with Gasteiger partial charge in [-0.15, -0.1) is 0 Å². The fourth-order valence-corrected chi connectivity index (χ4v) is 3.12. The molecule has 2 heterocycles. The third kappa shape index (κ3) is 3.52. The van der Waals surface area contributed by atoms with Crippen LogP contribution in [0.5, 0.6) is 5.75 Å². The number of nitrogens with zero attached hydrogens (tertiary/aromatic N) is 4. The molecule has 30 heavy (non-hydrogen) atoms. The van der Waals surface area contributed by atoms with Crippen LogP contribution in [0.1, 0.15) is 18.5 Å². The van der Waals surface area contributed by atoms with E-state index in [4.69, 9.17) is 9.26 Å². The predicted molar refractivity (Wildman–Crippen MR) is 105 cm³/mol. The number of carbonyl (C=O) groups is 1. The molecule has 0 unspecified atom stereocenters. The van der Waals surface area contributed by atoms with E-state index in [0.717, 1.165) is 5.56 Å². The van der Waals surface area contributed by atoms with Gasteiger partial charge in [-0.05, 0) is 42.8 Å². The first-order chi connectivity index (χ1) is 14.5. The number of carboxylic acid groups (broad SMARTS) is 1. The van der Waals surface area contributed by atoms with Gasteiger partial charge in [0.15, 0.2) is 5.75 Å². The van der Waals surface area contributed by atoms with Gasteiger partial charge in [0.2, 0.25) is 11.7 Å². The number of hydrogen-bond acceptors (Lipinski definition) is 6. The second kappa shape index (κ2) is 7.78. The smallest absolute Gasteiger partial charge is 0.449 e. The Hall–Kier alpha value is -4.01. The lowest BCUT2D eigenvalue weighted by atomic mass is 10.1. The minimum absolute atomic E-state index is 0.00738. The predicted octanol–water partition coefficient (Wildman–Crippen LogP) is 4.66. The van der Waals surface area contributed by atoms with Crippen molar-refractivity contribution in [2.75, 3.05) is 0 Å². The summed E-state index contributed by atoms with van der Waals surface area (Å²) >= 11 is 0. The van der Waals surface area contributed by atoms with E-state index in [0.29, 0.717) is 29.5 Å². The maximum Gasteiger partial charge on any atom is 0.511 e. The van der Waals surface area contributed by atoms with Crippen molar-refractivity contribution in [3.05, 3.63) is 65.9 Å². The van der Waals surface area contributed by atoms with Crippen LogP contribution in [0.4, 0.5) is 9.18 Å². The van der Waals surface area contributed by atoms with Crippen LogP contribution >= 0.6 is 0 Å². The van der Waals surface area contributed by atoms with Crippen LogP contribution in [-0.2, 0) is 6.42 Å². The van der Waals surface area contributed by atoms with Crippen LogP contribution < -0.4 is 4.74 Å². The summed E-state index contributed by atoms with van der Waals surface area (Å²) in [4.78, 5) is 15.5. The van der Waals surface area contributed by atoms with Gasteiger partial charge in [-0.1, -0.05) is 24.2 Å². The average Bonchev–Trinajstić information content (AvgIpc) is 3.32. The summed E-state index contributed by atoms with van der Waals surface area (Å²) in [5.74, 6) is 0.382. The monoisotopic (exact) mass is 408 g/mol. The summed E-state index contributed by atoms with van der Waals surface area (Å²) in [6.45, 7) is 3.51. The molecular weight excluding hydrogens is 391 g/mol. The Morgan fingerprint density at radius 3 is 2.53 bits per heavy atom. The van der Waals surface area contributed by atoms with Gasteiger partial charge >= 0.3 is 6.16 Å². The van der Waals surface area contributed by atoms with Gasteiger partial charge < -0.3 is 14.4 Å². The molecule has 9 heteroatoms. The van der Waals surface area contributed by atoms with Gasteiger partial charge in [0.05, 0.1) is 5.69 Å². The van der Waals surface area contributed by atoms with Crippen molar-refractivity contribution in [3.8, 4) is 34.1 Å². The fraction of sp³-hybridized carbons (Fsp3) is 0.143. The molecule has 0 fully saturated rings. The molecular formula is C21H17FN4O4. The molecule has 0 aliphatic carbocycles. The first-order valence-corrected chi connectivity index (χ1v) is 9.16. The highest BCUT2D eigenvalue weighted by Gasteiger charge is 2.25. The summed E-state index contributed by atoms with van der Waals surface area (Å²) in [5, 5.41) is 17.6. The molecule has 8 nitrogen and oxygen atoms in total. The summed E-state index contributed by atoms with van der Waals surface area (Å²) in [5.41, 5.74) is 2.11. The van der Waals surface area contributed by atoms with Gasteiger partial charge in [-0.2, -0.15) is 10.1 Å². The van der Waals surface area contributed by atoms with E-state index in [1.54, 1.807) is 49.4 Å². The normalized spacial score (nSPS) is 10.9. The van der Waals surface area contributed by atoms with Crippen LogP contribution in [0.15, 0.2) is 53.1 Å². The van der Waals surface area contributed by atoms with Crippen molar-refractivity contribution in [3.63, 3.8) is 0 Å². The maximum absolute atomic E-state index is 14.6. The molecule has 152 valence electrons. The van der Waals surface area contributed by atoms with Gasteiger partial charge in [0, 0.05) is 18.1 Å². The lowest BCUT2D eigenvalue weighted by molar-refractivity contribution is 0.144. The number of halogens is 1. The molecule has 0 saturated carbocycles. The van der Waals surface area contributed by atoms with Crippen LogP contribution in [0, 0.1) is 12.7 Å². The third-order valence-corrected chi connectivity index (χ3v) is 4.46. The van der Waals surface area contributed by atoms with E-state index in [9.17, 15) is 14.3 Å². The Labute approximate surface area is 170 Å². The molecule has 2 aromatic carbocycles. The Balaban J connectivity index is 1.88. The van der Waals surface area contributed by atoms with E-state index >= 15 is 0 Å². The third-order valence-electron chi connectivity index (χ3n) is 4.46.